The molecule has 168 valence electrons. The normalized spacial score (nSPS) is 49.2. The molecule has 0 unspecified atom stereocenters. The number of ether oxygens (including phenoxy) is 3. The fraction of sp³-hybridized carbons (Fsp3) is 0.920. The third-order valence-electron chi connectivity index (χ3n) is 10.4. The average molecular weight is 419 g/mol. The Kier molecular flexibility index (Phi) is 4.91. The first-order valence-electron chi connectivity index (χ1n) is 12.2. The van der Waals surface area contributed by atoms with E-state index in [1.165, 1.54) is 19.8 Å². The minimum absolute atomic E-state index is 0.0479. The van der Waals surface area contributed by atoms with Gasteiger partial charge in [-0.1, -0.05) is 13.8 Å². The molecule has 5 nitrogen and oxygen atoms in total. The maximum Gasteiger partial charge on any atom is 0.302 e. The second kappa shape index (κ2) is 7.03. The van der Waals surface area contributed by atoms with Crippen LogP contribution >= 0.6 is 0 Å². The lowest BCUT2D eigenvalue weighted by molar-refractivity contribution is -0.308. The van der Waals surface area contributed by atoms with Crippen molar-refractivity contribution in [2.24, 2.45) is 40.4 Å². The summed E-state index contributed by atoms with van der Waals surface area (Å²) in [6.07, 6.45) is 8.57. The van der Waals surface area contributed by atoms with Gasteiger partial charge < -0.3 is 14.2 Å². The third kappa shape index (κ3) is 2.73. The Morgan fingerprint density at radius 3 is 2.33 bits per heavy atom. The molecule has 0 radical (unpaired) electrons. The van der Waals surface area contributed by atoms with E-state index in [0.717, 1.165) is 38.5 Å². The topological polar surface area (TPSA) is 61.8 Å². The largest absolute Gasteiger partial charge is 0.463 e. The van der Waals surface area contributed by atoms with E-state index in [-0.39, 0.29) is 28.8 Å². The highest BCUT2D eigenvalue weighted by Crippen LogP contribution is 2.71. The van der Waals surface area contributed by atoms with Gasteiger partial charge in [0.2, 0.25) is 0 Å². The Hall–Kier alpha value is -0.940. The molecular formula is C25H38O5. The Bertz CT molecular complexity index is 727. The number of fused-ring (bicyclic) bond motifs is 6. The molecule has 1 spiro atoms. The van der Waals surface area contributed by atoms with Crippen molar-refractivity contribution in [1.82, 2.24) is 0 Å². The molecule has 5 fully saturated rings. The fourth-order valence-electron chi connectivity index (χ4n) is 9.04. The van der Waals surface area contributed by atoms with Crippen molar-refractivity contribution in [2.75, 3.05) is 13.2 Å². The molecule has 1 saturated heterocycles. The van der Waals surface area contributed by atoms with Crippen molar-refractivity contribution < 1.29 is 23.8 Å². The highest BCUT2D eigenvalue weighted by Gasteiger charge is 2.71. The van der Waals surface area contributed by atoms with Crippen LogP contribution in [0.15, 0.2) is 0 Å². The van der Waals surface area contributed by atoms with Crippen LogP contribution in [-0.4, -0.2) is 36.9 Å². The molecule has 5 heteroatoms. The van der Waals surface area contributed by atoms with Gasteiger partial charge in [0.05, 0.1) is 13.2 Å². The Balaban J connectivity index is 1.48. The molecule has 0 N–H and O–H groups in total. The zero-order valence-corrected chi connectivity index (χ0v) is 19.1. The molecule has 8 atom stereocenters. The van der Waals surface area contributed by atoms with Gasteiger partial charge >= 0.3 is 5.97 Å². The summed E-state index contributed by atoms with van der Waals surface area (Å²) in [5, 5.41) is 0. The van der Waals surface area contributed by atoms with Crippen LogP contribution in [0.2, 0.25) is 0 Å². The van der Waals surface area contributed by atoms with Gasteiger partial charge in [-0.2, -0.15) is 0 Å². The molecule has 30 heavy (non-hydrogen) atoms. The van der Waals surface area contributed by atoms with Gasteiger partial charge in [0.1, 0.15) is 11.9 Å². The van der Waals surface area contributed by atoms with E-state index in [0.29, 0.717) is 42.7 Å². The van der Waals surface area contributed by atoms with E-state index >= 15 is 0 Å². The van der Waals surface area contributed by atoms with Crippen molar-refractivity contribution in [3.05, 3.63) is 0 Å². The summed E-state index contributed by atoms with van der Waals surface area (Å²) >= 11 is 0. The summed E-state index contributed by atoms with van der Waals surface area (Å²) < 4.78 is 18.6. The molecule has 5 rings (SSSR count). The van der Waals surface area contributed by atoms with Crippen LogP contribution in [0.25, 0.3) is 0 Å². The molecule has 5 aliphatic rings. The molecular weight excluding hydrogens is 380 g/mol. The number of hydrogen-bond acceptors (Lipinski definition) is 5. The average Bonchev–Trinajstić information content (AvgIpc) is 3.29. The highest BCUT2D eigenvalue weighted by molar-refractivity contribution is 5.80. The van der Waals surface area contributed by atoms with Gasteiger partial charge in [0, 0.05) is 24.7 Å². The molecule has 4 saturated carbocycles. The van der Waals surface area contributed by atoms with E-state index in [1.54, 1.807) is 6.92 Å². The number of ketones is 1. The van der Waals surface area contributed by atoms with Crippen molar-refractivity contribution in [3.63, 3.8) is 0 Å². The van der Waals surface area contributed by atoms with E-state index in [2.05, 4.69) is 13.8 Å². The SMILES string of the molecule is CC(=O)O[C@H]1CC[C@@]2(C)[C@@H](CC[C@H]3[C@H]2CC2(OCCO2)[C@@]2(C)[C@@H]3CC[C@H]2C(C)=O)C1. The summed E-state index contributed by atoms with van der Waals surface area (Å²) in [5.74, 6) is 1.87. The van der Waals surface area contributed by atoms with Crippen LogP contribution in [0.1, 0.15) is 79.1 Å². The van der Waals surface area contributed by atoms with Crippen LogP contribution < -0.4 is 0 Å². The lowest BCUT2D eigenvalue weighted by atomic mass is 9.43. The maximum atomic E-state index is 12.7. The monoisotopic (exact) mass is 418 g/mol. The van der Waals surface area contributed by atoms with Crippen molar-refractivity contribution in [2.45, 2.75) is 91.0 Å². The number of carbonyl (C=O) groups excluding carboxylic acids is 2. The zero-order chi connectivity index (χ0) is 21.3. The van der Waals surface area contributed by atoms with Crippen LogP contribution in [0.3, 0.4) is 0 Å². The first-order chi connectivity index (χ1) is 14.2. The number of esters is 1. The molecule has 0 aromatic rings. The standard InChI is InChI=1S/C25H38O5/c1-15(26)20-7-8-21-19-6-5-17-13-18(30-16(2)27)9-10-23(17,3)22(19)14-25(24(20,21)4)28-11-12-29-25/h17-22H,5-14H2,1-4H3/t17-,18-,19+,20-,21+,22+,23-,24+/m0/s1. The summed E-state index contributed by atoms with van der Waals surface area (Å²) in [5.41, 5.74) is 0.0200. The van der Waals surface area contributed by atoms with Crippen LogP contribution in [0, 0.1) is 40.4 Å². The van der Waals surface area contributed by atoms with Crippen LogP contribution in [0.4, 0.5) is 0 Å². The zero-order valence-electron chi connectivity index (χ0n) is 19.1. The predicted octanol–water partition coefficient (Wildman–Crippen LogP) is 4.52. The Morgan fingerprint density at radius 2 is 1.67 bits per heavy atom. The summed E-state index contributed by atoms with van der Waals surface area (Å²) in [6.45, 7) is 9.36. The summed E-state index contributed by atoms with van der Waals surface area (Å²) in [7, 11) is 0. The third-order valence-corrected chi connectivity index (χ3v) is 10.4. The van der Waals surface area contributed by atoms with E-state index < -0.39 is 5.79 Å². The lowest BCUT2D eigenvalue weighted by Gasteiger charge is -2.64. The number of hydrogen-bond donors (Lipinski definition) is 0. The number of Topliss-reactive ketones (excluding diaryl/α,β-unsaturated/α-hetero) is 1. The number of rotatable bonds is 2. The van der Waals surface area contributed by atoms with Gasteiger partial charge in [-0.15, -0.1) is 0 Å². The molecule has 4 aliphatic carbocycles. The second-order valence-corrected chi connectivity index (χ2v) is 11.3. The van der Waals surface area contributed by atoms with Crippen LogP contribution in [-0.2, 0) is 23.8 Å². The molecule has 1 aliphatic heterocycles. The molecule has 0 aromatic heterocycles. The van der Waals surface area contributed by atoms with Crippen molar-refractivity contribution in [1.29, 1.82) is 0 Å². The minimum Gasteiger partial charge on any atom is -0.463 e. The molecule has 0 bridgehead atoms. The summed E-state index contributed by atoms with van der Waals surface area (Å²) in [4.78, 5) is 24.2. The fourth-order valence-corrected chi connectivity index (χ4v) is 9.04. The molecule has 0 aromatic carbocycles. The van der Waals surface area contributed by atoms with Gasteiger partial charge in [0.25, 0.3) is 0 Å². The van der Waals surface area contributed by atoms with E-state index in [1.807, 2.05) is 0 Å². The predicted molar refractivity (Wildman–Crippen MR) is 111 cm³/mol. The van der Waals surface area contributed by atoms with Gasteiger partial charge in [-0.25, -0.2) is 0 Å². The van der Waals surface area contributed by atoms with Crippen LogP contribution in [0.5, 0.6) is 0 Å². The minimum atomic E-state index is -0.608. The maximum absolute atomic E-state index is 12.7. The van der Waals surface area contributed by atoms with Gasteiger partial charge in [-0.3, -0.25) is 9.59 Å². The molecule has 1 heterocycles. The first-order valence-corrected chi connectivity index (χ1v) is 12.2. The Morgan fingerprint density at radius 1 is 0.933 bits per heavy atom. The number of carbonyl (C=O) groups is 2. The van der Waals surface area contributed by atoms with Gasteiger partial charge in [0.15, 0.2) is 5.79 Å². The summed E-state index contributed by atoms with van der Waals surface area (Å²) in [6, 6.07) is 0. The smallest absolute Gasteiger partial charge is 0.302 e. The highest BCUT2D eigenvalue weighted by atomic mass is 16.7. The first kappa shape index (κ1) is 20.9. The second-order valence-electron chi connectivity index (χ2n) is 11.3. The van der Waals surface area contributed by atoms with E-state index in [4.69, 9.17) is 14.2 Å². The quantitative estimate of drug-likeness (QED) is 0.617. The Labute approximate surface area is 180 Å². The van der Waals surface area contributed by atoms with E-state index in [9.17, 15) is 9.59 Å². The molecule has 0 amide bonds. The van der Waals surface area contributed by atoms with Crippen molar-refractivity contribution in [3.8, 4) is 0 Å². The van der Waals surface area contributed by atoms with Gasteiger partial charge in [-0.05, 0) is 81.0 Å². The lowest BCUT2D eigenvalue weighted by Crippen LogP contribution is -2.65. The van der Waals surface area contributed by atoms with Crippen molar-refractivity contribution >= 4 is 11.8 Å².